The molecule has 0 radical (unpaired) electrons. The van der Waals surface area contributed by atoms with Crippen LogP contribution < -0.4 is 10.9 Å². The third kappa shape index (κ3) is 4.67. The Bertz CT molecular complexity index is 538. The van der Waals surface area contributed by atoms with Gasteiger partial charge in [-0.2, -0.15) is 0 Å². The van der Waals surface area contributed by atoms with Gasteiger partial charge in [0.05, 0.1) is 0 Å². The molecule has 1 aromatic rings. The number of aryl methyl sites for hydroxylation is 1. The molecule has 1 amide bonds. The Balaban J connectivity index is 2.72. The minimum atomic E-state index is -0.209. The van der Waals surface area contributed by atoms with Gasteiger partial charge in [-0.3, -0.25) is 9.59 Å². The summed E-state index contributed by atoms with van der Waals surface area (Å²) in [4.78, 5) is 30.8. The van der Waals surface area contributed by atoms with Crippen LogP contribution in [0.15, 0.2) is 9.95 Å². The molecule has 0 bridgehead atoms. The zero-order valence-electron chi connectivity index (χ0n) is 12.8. The summed E-state index contributed by atoms with van der Waals surface area (Å²) in [7, 11) is 0. The number of aromatic nitrogens is 2. The Kier molecular flexibility index (Phi) is 5.80. The molecule has 2 N–H and O–H groups in total. The number of nitrogens with zero attached hydrogens (tertiary/aromatic N) is 1. The average Bonchev–Trinajstić information content (AvgIpc) is 2.36. The van der Waals surface area contributed by atoms with Gasteiger partial charge in [0.25, 0.3) is 5.56 Å². The second kappa shape index (κ2) is 6.92. The molecular weight excluding hydrogens is 274 g/mol. The van der Waals surface area contributed by atoms with Crippen LogP contribution in [-0.2, 0) is 11.2 Å². The summed E-state index contributed by atoms with van der Waals surface area (Å²) in [5, 5.41) is 3.57. The fourth-order valence-electron chi connectivity index (χ4n) is 1.74. The molecule has 0 saturated heterocycles. The first kappa shape index (κ1) is 16.8. The fraction of sp³-hybridized carbons (Fsp3) is 0.643. The van der Waals surface area contributed by atoms with Gasteiger partial charge in [-0.05, 0) is 39.9 Å². The number of carbonyl (C=O) groups excluding carboxylic acids is 1. The van der Waals surface area contributed by atoms with Gasteiger partial charge in [-0.1, -0.05) is 18.7 Å². The van der Waals surface area contributed by atoms with E-state index >= 15 is 0 Å². The number of rotatable bonds is 6. The van der Waals surface area contributed by atoms with Crippen molar-refractivity contribution in [1.29, 1.82) is 0 Å². The van der Waals surface area contributed by atoms with Crippen molar-refractivity contribution in [3.8, 4) is 0 Å². The maximum absolute atomic E-state index is 11.9. The summed E-state index contributed by atoms with van der Waals surface area (Å²) in [6, 6.07) is 0. The van der Waals surface area contributed by atoms with E-state index in [0.717, 1.165) is 6.42 Å². The second-order valence-electron chi connectivity index (χ2n) is 5.42. The molecule has 112 valence electrons. The first-order valence-electron chi connectivity index (χ1n) is 6.74. The molecule has 0 spiro atoms. The molecule has 0 unspecified atom stereocenters. The largest absolute Gasteiger partial charge is 0.351 e. The monoisotopic (exact) mass is 297 g/mol. The van der Waals surface area contributed by atoms with Gasteiger partial charge in [-0.25, -0.2) is 4.98 Å². The van der Waals surface area contributed by atoms with E-state index in [0.29, 0.717) is 29.3 Å². The number of H-pyrrole nitrogens is 1. The minimum Gasteiger partial charge on any atom is -0.351 e. The molecule has 0 aliphatic carbocycles. The van der Waals surface area contributed by atoms with E-state index in [1.165, 1.54) is 11.8 Å². The molecule has 0 atom stereocenters. The number of hydrogen-bond donors (Lipinski definition) is 2. The molecule has 1 heterocycles. The highest BCUT2D eigenvalue weighted by atomic mass is 32.2. The molecule has 0 aliphatic rings. The molecule has 0 fully saturated rings. The molecule has 0 saturated carbocycles. The molecule has 5 nitrogen and oxygen atoms in total. The number of thioether (sulfide) groups is 1. The number of aromatic amines is 1. The zero-order chi connectivity index (χ0) is 15.3. The van der Waals surface area contributed by atoms with Crippen molar-refractivity contribution in [2.45, 2.75) is 57.7 Å². The van der Waals surface area contributed by atoms with Crippen LogP contribution >= 0.6 is 11.8 Å². The summed E-state index contributed by atoms with van der Waals surface area (Å²) < 4.78 is 0. The lowest BCUT2D eigenvalue weighted by Gasteiger charge is -2.24. The van der Waals surface area contributed by atoms with Crippen LogP contribution in [0.3, 0.4) is 0 Å². The molecule has 6 heteroatoms. The summed E-state index contributed by atoms with van der Waals surface area (Å²) in [5.74, 6) is -0.0374. The maximum Gasteiger partial charge on any atom is 0.254 e. The predicted molar refractivity (Wildman–Crippen MR) is 82.2 cm³/mol. The van der Waals surface area contributed by atoms with Gasteiger partial charge >= 0.3 is 0 Å². The highest BCUT2D eigenvalue weighted by Gasteiger charge is 2.18. The first-order valence-corrected chi connectivity index (χ1v) is 7.96. The van der Waals surface area contributed by atoms with Crippen molar-refractivity contribution in [3.05, 3.63) is 21.6 Å². The first-order chi connectivity index (χ1) is 9.29. The third-order valence-corrected chi connectivity index (χ3v) is 3.94. The van der Waals surface area contributed by atoms with Crippen LogP contribution in [0.25, 0.3) is 0 Å². The molecule has 0 aromatic carbocycles. The minimum absolute atomic E-state index is 0.0374. The topological polar surface area (TPSA) is 74.8 Å². The smallest absolute Gasteiger partial charge is 0.254 e. The zero-order valence-corrected chi connectivity index (χ0v) is 13.6. The van der Waals surface area contributed by atoms with Crippen molar-refractivity contribution >= 4 is 17.7 Å². The van der Waals surface area contributed by atoms with Crippen molar-refractivity contribution in [1.82, 2.24) is 15.3 Å². The molecule has 20 heavy (non-hydrogen) atoms. The Hall–Kier alpha value is -1.30. The van der Waals surface area contributed by atoms with Crippen LogP contribution in [0.5, 0.6) is 0 Å². The lowest BCUT2D eigenvalue weighted by Crippen LogP contribution is -2.43. The molecular formula is C14H23N3O2S. The third-order valence-electron chi connectivity index (χ3n) is 3.36. The lowest BCUT2D eigenvalue weighted by molar-refractivity contribution is -0.122. The standard InChI is InChI=1S/C14H23N3O2S/c1-6-14(3,4)17-11(18)8-7-10-9(2)15-13(20-5)16-12(10)19/h6-8H2,1-5H3,(H,17,18)(H,15,16,19). The van der Waals surface area contributed by atoms with Gasteiger partial charge in [0.1, 0.15) is 0 Å². The van der Waals surface area contributed by atoms with Crippen LogP contribution in [0.2, 0.25) is 0 Å². The second-order valence-corrected chi connectivity index (χ2v) is 6.22. The van der Waals surface area contributed by atoms with E-state index in [1.54, 1.807) is 6.92 Å². The highest BCUT2D eigenvalue weighted by Crippen LogP contribution is 2.11. The molecule has 0 aliphatic heterocycles. The van der Waals surface area contributed by atoms with Crippen LogP contribution in [0, 0.1) is 6.92 Å². The summed E-state index contributed by atoms with van der Waals surface area (Å²) in [6.07, 6.45) is 3.43. The SMILES string of the molecule is CCC(C)(C)NC(=O)CCc1c(C)nc(SC)[nH]c1=O. The van der Waals surface area contributed by atoms with Gasteiger partial charge < -0.3 is 10.3 Å². The fourth-order valence-corrected chi connectivity index (χ4v) is 2.17. The predicted octanol–water partition coefficient (Wildman–Crippen LogP) is 2.04. The van der Waals surface area contributed by atoms with Gasteiger partial charge in [0, 0.05) is 23.2 Å². The van der Waals surface area contributed by atoms with E-state index in [1.807, 2.05) is 27.0 Å². The maximum atomic E-state index is 11.9. The van der Waals surface area contributed by atoms with E-state index in [2.05, 4.69) is 15.3 Å². The van der Waals surface area contributed by atoms with E-state index in [-0.39, 0.29) is 17.0 Å². The van der Waals surface area contributed by atoms with Crippen molar-refractivity contribution < 1.29 is 4.79 Å². The van der Waals surface area contributed by atoms with E-state index in [4.69, 9.17) is 0 Å². The van der Waals surface area contributed by atoms with Gasteiger partial charge in [-0.15, -0.1) is 0 Å². The summed E-state index contributed by atoms with van der Waals surface area (Å²) >= 11 is 1.40. The Morgan fingerprint density at radius 3 is 2.60 bits per heavy atom. The van der Waals surface area contributed by atoms with Crippen LogP contribution in [0.1, 0.15) is 44.9 Å². The highest BCUT2D eigenvalue weighted by molar-refractivity contribution is 7.98. The molecule has 1 rings (SSSR count). The van der Waals surface area contributed by atoms with Crippen LogP contribution in [-0.4, -0.2) is 27.7 Å². The van der Waals surface area contributed by atoms with Crippen LogP contribution in [0.4, 0.5) is 0 Å². The van der Waals surface area contributed by atoms with Crippen molar-refractivity contribution in [3.63, 3.8) is 0 Å². The quantitative estimate of drug-likeness (QED) is 0.622. The summed E-state index contributed by atoms with van der Waals surface area (Å²) in [6.45, 7) is 7.80. The molecule has 1 aromatic heterocycles. The number of nitrogens with one attached hydrogen (secondary N) is 2. The van der Waals surface area contributed by atoms with Crippen molar-refractivity contribution in [2.75, 3.05) is 6.26 Å². The summed E-state index contributed by atoms with van der Waals surface area (Å²) in [5.41, 5.74) is 0.928. The Labute approximate surface area is 124 Å². The number of amides is 1. The lowest BCUT2D eigenvalue weighted by atomic mass is 10.0. The number of hydrogen-bond acceptors (Lipinski definition) is 4. The number of carbonyl (C=O) groups is 1. The Morgan fingerprint density at radius 1 is 1.45 bits per heavy atom. The van der Waals surface area contributed by atoms with E-state index in [9.17, 15) is 9.59 Å². The van der Waals surface area contributed by atoms with Crippen molar-refractivity contribution in [2.24, 2.45) is 0 Å². The van der Waals surface area contributed by atoms with Gasteiger partial charge in [0.2, 0.25) is 5.91 Å². The Morgan fingerprint density at radius 2 is 2.10 bits per heavy atom. The average molecular weight is 297 g/mol. The van der Waals surface area contributed by atoms with E-state index < -0.39 is 0 Å². The van der Waals surface area contributed by atoms with Gasteiger partial charge in [0.15, 0.2) is 5.16 Å². The normalized spacial score (nSPS) is 11.4.